The third-order valence-electron chi connectivity index (χ3n) is 4.51. The molecule has 0 radical (unpaired) electrons. The maximum absolute atomic E-state index is 11.3. The van der Waals surface area contributed by atoms with E-state index in [1.165, 1.54) is 6.07 Å². The van der Waals surface area contributed by atoms with Gasteiger partial charge in [-0.1, -0.05) is 18.2 Å². The van der Waals surface area contributed by atoms with Crippen molar-refractivity contribution in [2.75, 3.05) is 5.32 Å². The molecule has 0 atom stereocenters. The first kappa shape index (κ1) is 17.6. The van der Waals surface area contributed by atoms with E-state index >= 15 is 0 Å². The molecule has 28 heavy (non-hydrogen) atoms. The van der Waals surface area contributed by atoms with E-state index in [1.54, 1.807) is 18.5 Å². The maximum atomic E-state index is 11.3. The fourth-order valence-electron chi connectivity index (χ4n) is 3.14. The number of rotatable bonds is 5. The summed E-state index contributed by atoms with van der Waals surface area (Å²) in [6.45, 7) is 4.29. The van der Waals surface area contributed by atoms with Crippen LogP contribution in [0.25, 0.3) is 16.7 Å². The van der Waals surface area contributed by atoms with Crippen molar-refractivity contribution in [1.82, 2.24) is 19.5 Å². The molecule has 3 aromatic heterocycles. The number of hydrogen-bond acceptors (Lipinski definition) is 6. The Bertz CT molecular complexity index is 1170. The van der Waals surface area contributed by atoms with Gasteiger partial charge in [0.1, 0.15) is 11.6 Å². The van der Waals surface area contributed by atoms with E-state index in [0.29, 0.717) is 17.8 Å². The zero-order valence-electron chi connectivity index (χ0n) is 15.5. The number of imidazole rings is 1. The minimum absolute atomic E-state index is 0.00553. The monoisotopic (exact) mass is 374 g/mol. The highest BCUT2D eigenvalue weighted by Crippen LogP contribution is 2.30. The largest absolute Gasteiger partial charge is 0.380 e. The van der Waals surface area contributed by atoms with Crippen LogP contribution < -0.4 is 5.32 Å². The molecule has 140 valence electrons. The second-order valence-corrected chi connectivity index (χ2v) is 6.46. The lowest BCUT2D eigenvalue weighted by molar-refractivity contribution is -0.383. The molecular formula is C20H18N6O2. The van der Waals surface area contributed by atoms with E-state index in [1.807, 2.05) is 48.9 Å². The standard InChI is InChI=1S/C20H18N6O2/c1-13-10-17(16-4-3-5-18(26(27)28)20(16)24-13)22-11-15-6-7-19(23-12-15)25-9-8-21-14(25)2/h3-10,12H,11H2,1-2H3,(H,22,24). The first-order valence-corrected chi connectivity index (χ1v) is 8.77. The SMILES string of the molecule is Cc1cc(NCc2ccc(-n3ccnc3C)nc2)c2cccc([N+](=O)[O-])c2n1. The Morgan fingerprint density at radius 3 is 2.71 bits per heavy atom. The molecule has 0 saturated carbocycles. The number of aryl methyl sites for hydroxylation is 2. The van der Waals surface area contributed by atoms with Gasteiger partial charge in [0, 0.05) is 48.0 Å². The van der Waals surface area contributed by atoms with Gasteiger partial charge in [-0.3, -0.25) is 14.7 Å². The molecule has 0 saturated heterocycles. The van der Waals surface area contributed by atoms with E-state index in [4.69, 9.17) is 0 Å². The number of nitrogens with one attached hydrogen (secondary N) is 1. The molecular weight excluding hydrogens is 356 g/mol. The number of anilines is 1. The van der Waals surface area contributed by atoms with Crippen molar-refractivity contribution in [3.05, 3.63) is 82.2 Å². The Balaban J connectivity index is 1.60. The summed E-state index contributed by atoms with van der Waals surface area (Å²) in [6, 6.07) is 10.8. The number of hydrogen-bond donors (Lipinski definition) is 1. The molecule has 0 aliphatic carbocycles. The van der Waals surface area contributed by atoms with Crippen LogP contribution in [0.1, 0.15) is 17.1 Å². The predicted molar refractivity (Wildman–Crippen MR) is 107 cm³/mol. The van der Waals surface area contributed by atoms with Crippen LogP contribution in [0, 0.1) is 24.0 Å². The van der Waals surface area contributed by atoms with E-state index < -0.39 is 4.92 Å². The highest BCUT2D eigenvalue weighted by atomic mass is 16.6. The second-order valence-electron chi connectivity index (χ2n) is 6.46. The number of pyridine rings is 2. The second kappa shape index (κ2) is 7.07. The Morgan fingerprint density at radius 1 is 1.18 bits per heavy atom. The quantitative estimate of drug-likeness (QED) is 0.419. The molecule has 3 heterocycles. The van der Waals surface area contributed by atoms with Crippen LogP contribution in [0.2, 0.25) is 0 Å². The summed E-state index contributed by atoms with van der Waals surface area (Å²) < 4.78 is 1.91. The van der Waals surface area contributed by atoms with Crippen molar-refractivity contribution >= 4 is 22.3 Å². The number of non-ortho nitro benzene ring substituents is 1. The summed E-state index contributed by atoms with van der Waals surface area (Å²) in [4.78, 5) is 24.0. The summed E-state index contributed by atoms with van der Waals surface area (Å²) in [5.74, 6) is 1.68. The van der Waals surface area contributed by atoms with Crippen LogP contribution in [0.3, 0.4) is 0 Å². The summed E-state index contributed by atoms with van der Waals surface area (Å²) in [6.07, 6.45) is 5.41. The number of fused-ring (bicyclic) bond motifs is 1. The Labute approximate surface area is 161 Å². The average Bonchev–Trinajstić information content (AvgIpc) is 3.11. The van der Waals surface area contributed by atoms with Crippen molar-refractivity contribution in [1.29, 1.82) is 0 Å². The molecule has 4 aromatic rings. The molecule has 1 N–H and O–H groups in total. The zero-order chi connectivity index (χ0) is 19.7. The lowest BCUT2D eigenvalue weighted by atomic mass is 10.1. The van der Waals surface area contributed by atoms with E-state index in [9.17, 15) is 10.1 Å². The highest BCUT2D eigenvalue weighted by Gasteiger charge is 2.15. The summed E-state index contributed by atoms with van der Waals surface area (Å²) >= 11 is 0. The number of nitrogens with zero attached hydrogens (tertiary/aromatic N) is 5. The number of aromatic nitrogens is 4. The lowest BCUT2D eigenvalue weighted by Gasteiger charge is -2.11. The van der Waals surface area contributed by atoms with Gasteiger partial charge in [-0.15, -0.1) is 0 Å². The highest BCUT2D eigenvalue weighted by molar-refractivity contribution is 5.96. The van der Waals surface area contributed by atoms with Crippen molar-refractivity contribution in [2.24, 2.45) is 0 Å². The third-order valence-corrected chi connectivity index (χ3v) is 4.51. The van der Waals surface area contributed by atoms with Crippen LogP contribution in [0.15, 0.2) is 55.0 Å². The van der Waals surface area contributed by atoms with Crippen molar-refractivity contribution in [2.45, 2.75) is 20.4 Å². The molecule has 8 heteroatoms. The van der Waals surface area contributed by atoms with E-state index in [0.717, 1.165) is 28.3 Å². The van der Waals surface area contributed by atoms with Gasteiger partial charge in [-0.2, -0.15) is 0 Å². The first-order chi connectivity index (χ1) is 13.5. The van der Waals surface area contributed by atoms with Gasteiger partial charge in [-0.05, 0) is 31.5 Å². The van der Waals surface area contributed by atoms with Crippen LogP contribution in [0.5, 0.6) is 0 Å². The predicted octanol–water partition coefficient (Wildman–Crippen LogP) is 3.95. The molecule has 0 unspecified atom stereocenters. The van der Waals surface area contributed by atoms with Gasteiger partial charge in [-0.25, -0.2) is 15.0 Å². The maximum Gasteiger partial charge on any atom is 0.295 e. The molecule has 0 fully saturated rings. The number of benzene rings is 1. The third kappa shape index (κ3) is 3.27. The number of para-hydroxylation sites is 1. The Kier molecular flexibility index (Phi) is 4.44. The smallest absolute Gasteiger partial charge is 0.295 e. The number of nitro benzene ring substituents is 1. The van der Waals surface area contributed by atoms with Crippen LogP contribution in [-0.4, -0.2) is 24.4 Å². The van der Waals surface area contributed by atoms with E-state index in [2.05, 4.69) is 20.3 Å². The molecule has 8 nitrogen and oxygen atoms in total. The van der Waals surface area contributed by atoms with Crippen molar-refractivity contribution in [3.8, 4) is 5.82 Å². The minimum atomic E-state index is -0.403. The van der Waals surface area contributed by atoms with Gasteiger partial charge in [0.2, 0.25) is 0 Å². The van der Waals surface area contributed by atoms with Gasteiger partial charge >= 0.3 is 0 Å². The fourth-order valence-corrected chi connectivity index (χ4v) is 3.14. The van der Waals surface area contributed by atoms with Crippen molar-refractivity contribution in [3.63, 3.8) is 0 Å². The summed E-state index contributed by atoms with van der Waals surface area (Å²) in [7, 11) is 0. The van der Waals surface area contributed by atoms with Gasteiger partial charge < -0.3 is 5.32 Å². The van der Waals surface area contributed by atoms with Gasteiger partial charge in [0.05, 0.1) is 4.92 Å². The molecule has 0 amide bonds. The zero-order valence-corrected chi connectivity index (χ0v) is 15.5. The van der Waals surface area contributed by atoms with Crippen molar-refractivity contribution < 1.29 is 4.92 Å². The summed E-state index contributed by atoms with van der Waals surface area (Å²) in [5.41, 5.74) is 2.91. The minimum Gasteiger partial charge on any atom is -0.380 e. The lowest BCUT2D eigenvalue weighted by Crippen LogP contribution is -2.04. The average molecular weight is 374 g/mol. The fraction of sp³-hybridized carbons (Fsp3) is 0.150. The molecule has 0 aliphatic rings. The Morgan fingerprint density at radius 2 is 2.04 bits per heavy atom. The first-order valence-electron chi connectivity index (χ1n) is 8.77. The number of nitro groups is 1. The molecule has 4 rings (SSSR count). The topological polar surface area (TPSA) is 98.8 Å². The summed E-state index contributed by atoms with van der Waals surface area (Å²) in [5, 5.41) is 15.4. The van der Waals surface area contributed by atoms with Gasteiger partial charge in [0.15, 0.2) is 5.52 Å². The molecule has 0 bridgehead atoms. The normalized spacial score (nSPS) is 10.9. The molecule has 0 spiro atoms. The van der Waals surface area contributed by atoms with Crippen LogP contribution >= 0.6 is 0 Å². The molecule has 0 aliphatic heterocycles. The Hall–Kier alpha value is -3.81. The van der Waals surface area contributed by atoms with Crippen LogP contribution in [-0.2, 0) is 6.54 Å². The van der Waals surface area contributed by atoms with Gasteiger partial charge in [0.25, 0.3) is 5.69 Å². The van der Waals surface area contributed by atoms with Crippen LogP contribution in [0.4, 0.5) is 11.4 Å². The molecule has 1 aromatic carbocycles. The van der Waals surface area contributed by atoms with E-state index in [-0.39, 0.29) is 5.69 Å².